The van der Waals surface area contributed by atoms with Gasteiger partial charge in [-0.1, -0.05) is 6.07 Å². The van der Waals surface area contributed by atoms with Crippen molar-refractivity contribution in [3.63, 3.8) is 0 Å². The summed E-state index contributed by atoms with van der Waals surface area (Å²) in [5.41, 5.74) is 6.72. The molecule has 5 heteroatoms. The second kappa shape index (κ2) is 6.14. The SMILES string of the molecule is CCOc1c(N)cccc1C(=O)NC(C)c1ccco1. The number of ether oxygens (including phenoxy) is 1. The van der Waals surface area contributed by atoms with E-state index in [1.54, 1.807) is 30.5 Å². The Morgan fingerprint density at radius 1 is 1.40 bits per heavy atom. The average Bonchev–Trinajstić information content (AvgIpc) is 2.95. The van der Waals surface area contributed by atoms with Crippen molar-refractivity contribution in [3.05, 3.63) is 47.9 Å². The van der Waals surface area contributed by atoms with Gasteiger partial charge < -0.3 is 20.2 Å². The number of nitrogens with one attached hydrogen (secondary N) is 1. The van der Waals surface area contributed by atoms with Crippen molar-refractivity contribution in [3.8, 4) is 5.75 Å². The van der Waals surface area contributed by atoms with Crippen LogP contribution in [0.15, 0.2) is 41.0 Å². The van der Waals surface area contributed by atoms with Crippen molar-refractivity contribution in [2.75, 3.05) is 12.3 Å². The van der Waals surface area contributed by atoms with Crippen LogP contribution < -0.4 is 15.8 Å². The van der Waals surface area contributed by atoms with Crippen LogP contribution >= 0.6 is 0 Å². The van der Waals surface area contributed by atoms with Crippen molar-refractivity contribution >= 4 is 11.6 Å². The fourth-order valence-corrected chi connectivity index (χ4v) is 1.92. The number of nitrogen functional groups attached to an aromatic ring is 1. The molecule has 1 heterocycles. The van der Waals surface area contributed by atoms with E-state index in [9.17, 15) is 4.79 Å². The number of hydrogen-bond acceptors (Lipinski definition) is 4. The van der Waals surface area contributed by atoms with E-state index >= 15 is 0 Å². The van der Waals surface area contributed by atoms with Crippen LogP contribution in [0.3, 0.4) is 0 Å². The molecular formula is C15H18N2O3. The summed E-state index contributed by atoms with van der Waals surface area (Å²) < 4.78 is 10.7. The number of nitrogens with two attached hydrogens (primary N) is 1. The normalized spacial score (nSPS) is 11.9. The van der Waals surface area contributed by atoms with Gasteiger partial charge in [-0.2, -0.15) is 0 Å². The Bertz CT molecular complexity index is 579. The lowest BCUT2D eigenvalue weighted by Gasteiger charge is -2.15. The third-order valence-corrected chi connectivity index (χ3v) is 2.90. The molecule has 106 valence electrons. The van der Waals surface area contributed by atoms with Gasteiger partial charge in [0.05, 0.1) is 30.2 Å². The molecule has 1 atom stereocenters. The lowest BCUT2D eigenvalue weighted by Crippen LogP contribution is -2.27. The molecule has 2 aromatic rings. The minimum absolute atomic E-state index is 0.228. The van der Waals surface area contributed by atoms with E-state index in [-0.39, 0.29) is 11.9 Å². The highest BCUT2D eigenvalue weighted by Crippen LogP contribution is 2.27. The molecule has 5 nitrogen and oxygen atoms in total. The molecule has 0 saturated heterocycles. The van der Waals surface area contributed by atoms with Crippen LogP contribution in [-0.2, 0) is 0 Å². The maximum Gasteiger partial charge on any atom is 0.255 e. The number of amides is 1. The summed E-state index contributed by atoms with van der Waals surface area (Å²) in [5.74, 6) is 0.865. The highest BCUT2D eigenvalue weighted by atomic mass is 16.5. The van der Waals surface area contributed by atoms with Crippen LogP contribution in [0.2, 0.25) is 0 Å². The molecule has 20 heavy (non-hydrogen) atoms. The minimum Gasteiger partial charge on any atom is -0.491 e. The van der Waals surface area contributed by atoms with E-state index in [1.807, 2.05) is 19.9 Å². The monoisotopic (exact) mass is 274 g/mol. The lowest BCUT2D eigenvalue weighted by molar-refractivity contribution is 0.0931. The van der Waals surface area contributed by atoms with Gasteiger partial charge in [0.2, 0.25) is 0 Å². The summed E-state index contributed by atoms with van der Waals surface area (Å²) in [7, 11) is 0. The number of anilines is 1. The summed E-state index contributed by atoms with van der Waals surface area (Å²) in [6, 6.07) is 8.49. The number of carbonyl (C=O) groups excluding carboxylic acids is 1. The molecule has 1 aromatic carbocycles. The first-order chi connectivity index (χ1) is 9.63. The molecule has 0 radical (unpaired) electrons. The van der Waals surface area contributed by atoms with Crippen LogP contribution in [0, 0.1) is 0 Å². The van der Waals surface area contributed by atoms with Gasteiger partial charge in [-0.3, -0.25) is 4.79 Å². The fourth-order valence-electron chi connectivity index (χ4n) is 1.92. The highest BCUT2D eigenvalue weighted by Gasteiger charge is 2.18. The second-order valence-corrected chi connectivity index (χ2v) is 4.37. The highest BCUT2D eigenvalue weighted by molar-refractivity contribution is 5.98. The van der Waals surface area contributed by atoms with Gasteiger partial charge in [0.25, 0.3) is 5.91 Å². The quantitative estimate of drug-likeness (QED) is 0.822. The maximum absolute atomic E-state index is 12.3. The van der Waals surface area contributed by atoms with Gasteiger partial charge in [0.1, 0.15) is 5.76 Å². The summed E-state index contributed by atoms with van der Waals surface area (Å²) in [6.07, 6.45) is 1.57. The summed E-state index contributed by atoms with van der Waals surface area (Å²) in [5, 5.41) is 2.86. The van der Waals surface area contributed by atoms with Gasteiger partial charge >= 0.3 is 0 Å². The maximum atomic E-state index is 12.3. The molecule has 0 fully saturated rings. The zero-order valence-corrected chi connectivity index (χ0v) is 11.6. The van der Waals surface area contributed by atoms with E-state index in [4.69, 9.17) is 14.9 Å². The molecule has 0 spiro atoms. The molecule has 2 rings (SSSR count). The molecule has 0 bridgehead atoms. The van der Waals surface area contributed by atoms with Crippen LogP contribution in [0.5, 0.6) is 5.75 Å². The third-order valence-electron chi connectivity index (χ3n) is 2.90. The average molecular weight is 274 g/mol. The number of rotatable bonds is 5. The van der Waals surface area contributed by atoms with E-state index in [0.29, 0.717) is 29.4 Å². The topological polar surface area (TPSA) is 77.5 Å². The van der Waals surface area contributed by atoms with Crippen molar-refractivity contribution in [1.82, 2.24) is 5.32 Å². The zero-order valence-electron chi connectivity index (χ0n) is 11.6. The molecule has 0 saturated carbocycles. The molecule has 0 aliphatic heterocycles. The van der Waals surface area contributed by atoms with Crippen LogP contribution in [-0.4, -0.2) is 12.5 Å². The van der Waals surface area contributed by atoms with Gasteiger partial charge in [-0.25, -0.2) is 0 Å². The Hall–Kier alpha value is -2.43. The molecule has 1 amide bonds. The van der Waals surface area contributed by atoms with E-state index < -0.39 is 0 Å². The van der Waals surface area contributed by atoms with Gasteiger partial charge in [0, 0.05) is 0 Å². The minimum atomic E-state index is -0.246. The predicted molar refractivity (Wildman–Crippen MR) is 76.6 cm³/mol. The van der Waals surface area contributed by atoms with E-state index in [0.717, 1.165) is 0 Å². The Balaban J connectivity index is 2.19. The van der Waals surface area contributed by atoms with Gasteiger partial charge in [-0.05, 0) is 38.1 Å². The number of carbonyl (C=O) groups is 1. The first-order valence-corrected chi connectivity index (χ1v) is 6.49. The smallest absolute Gasteiger partial charge is 0.255 e. The number of benzene rings is 1. The Labute approximate surface area is 117 Å². The van der Waals surface area contributed by atoms with Crippen molar-refractivity contribution in [2.24, 2.45) is 0 Å². The number of furan rings is 1. The Morgan fingerprint density at radius 2 is 2.20 bits per heavy atom. The number of para-hydroxylation sites is 1. The molecule has 0 aliphatic rings. The molecule has 1 unspecified atom stereocenters. The van der Waals surface area contributed by atoms with Gasteiger partial charge in [-0.15, -0.1) is 0 Å². The Morgan fingerprint density at radius 3 is 2.85 bits per heavy atom. The third kappa shape index (κ3) is 2.93. The summed E-state index contributed by atoms with van der Waals surface area (Å²) >= 11 is 0. The zero-order chi connectivity index (χ0) is 14.5. The van der Waals surface area contributed by atoms with E-state index in [2.05, 4.69) is 5.32 Å². The standard InChI is InChI=1S/C15H18N2O3/c1-3-19-14-11(6-4-7-12(14)16)15(18)17-10(2)13-8-5-9-20-13/h4-10H,3,16H2,1-2H3,(H,17,18). The van der Waals surface area contributed by atoms with Crippen molar-refractivity contribution in [1.29, 1.82) is 0 Å². The van der Waals surface area contributed by atoms with Crippen LogP contribution in [0.25, 0.3) is 0 Å². The first-order valence-electron chi connectivity index (χ1n) is 6.49. The van der Waals surface area contributed by atoms with Crippen LogP contribution in [0.4, 0.5) is 5.69 Å². The molecule has 1 aromatic heterocycles. The van der Waals surface area contributed by atoms with E-state index in [1.165, 1.54) is 0 Å². The second-order valence-electron chi connectivity index (χ2n) is 4.37. The largest absolute Gasteiger partial charge is 0.491 e. The summed E-state index contributed by atoms with van der Waals surface area (Å²) in [6.45, 7) is 4.14. The fraction of sp³-hybridized carbons (Fsp3) is 0.267. The number of hydrogen-bond donors (Lipinski definition) is 2. The lowest BCUT2D eigenvalue weighted by atomic mass is 10.1. The molecular weight excluding hydrogens is 256 g/mol. The van der Waals surface area contributed by atoms with Crippen molar-refractivity contribution < 1.29 is 13.9 Å². The van der Waals surface area contributed by atoms with Gasteiger partial charge in [0.15, 0.2) is 5.75 Å². The summed E-state index contributed by atoms with van der Waals surface area (Å²) in [4.78, 5) is 12.3. The van der Waals surface area contributed by atoms with Crippen molar-refractivity contribution in [2.45, 2.75) is 19.9 Å². The molecule has 0 aliphatic carbocycles. The predicted octanol–water partition coefficient (Wildman–Crippen LogP) is 2.75. The first kappa shape index (κ1) is 14.0. The van der Waals surface area contributed by atoms with Crippen LogP contribution in [0.1, 0.15) is 36.0 Å². The Kier molecular flexibility index (Phi) is 4.30. The molecule has 3 N–H and O–H groups in total.